The Kier molecular flexibility index (Phi) is 6.79. The van der Waals surface area contributed by atoms with Crippen molar-refractivity contribution in [2.24, 2.45) is 5.92 Å². The molecule has 3 heterocycles. The maximum absolute atomic E-state index is 13.0. The average Bonchev–Trinajstić information content (AvgIpc) is 3.29. The van der Waals surface area contributed by atoms with Crippen LogP contribution in [0.1, 0.15) is 26.0 Å². The summed E-state index contributed by atoms with van der Waals surface area (Å²) < 4.78 is 10.3. The first-order chi connectivity index (χ1) is 13.9. The molecule has 0 unspecified atom stereocenters. The van der Waals surface area contributed by atoms with Gasteiger partial charge in [-0.05, 0) is 24.5 Å². The molecule has 2 aliphatic rings. The molecule has 4 amide bonds. The summed E-state index contributed by atoms with van der Waals surface area (Å²) in [5.41, 5.74) is 0. The van der Waals surface area contributed by atoms with Crippen LogP contribution in [0.15, 0.2) is 22.8 Å². The zero-order chi connectivity index (χ0) is 21.0. The highest BCUT2D eigenvalue weighted by atomic mass is 16.5. The number of methoxy groups -OCH3 is 1. The number of hydrogen-bond donors (Lipinski definition) is 1. The zero-order valence-electron chi connectivity index (χ0n) is 17.3. The molecular formula is C20H30N4O5. The number of urea groups is 1. The molecule has 160 valence electrons. The largest absolute Gasteiger partial charge is 0.467 e. The van der Waals surface area contributed by atoms with Gasteiger partial charge in [-0.3, -0.25) is 9.59 Å². The fourth-order valence-corrected chi connectivity index (χ4v) is 3.97. The van der Waals surface area contributed by atoms with Crippen LogP contribution in [0, 0.1) is 5.92 Å². The first-order valence-electron chi connectivity index (χ1n) is 10.0. The van der Waals surface area contributed by atoms with Crippen molar-refractivity contribution in [3.05, 3.63) is 24.2 Å². The molecule has 0 radical (unpaired) electrons. The van der Waals surface area contributed by atoms with Gasteiger partial charge in [-0.15, -0.1) is 0 Å². The molecule has 3 rings (SSSR count). The average molecular weight is 406 g/mol. The molecule has 0 saturated carbocycles. The molecule has 0 bridgehead atoms. The van der Waals surface area contributed by atoms with Crippen LogP contribution in [-0.2, 0) is 20.9 Å². The summed E-state index contributed by atoms with van der Waals surface area (Å²) in [7, 11) is 1.61. The second-order valence-electron chi connectivity index (χ2n) is 8.00. The van der Waals surface area contributed by atoms with E-state index in [4.69, 9.17) is 9.15 Å². The Bertz CT molecular complexity index is 720. The fraction of sp³-hybridized carbons (Fsp3) is 0.650. The van der Waals surface area contributed by atoms with Crippen LogP contribution in [0.2, 0.25) is 0 Å². The molecule has 9 nitrogen and oxygen atoms in total. The van der Waals surface area contributed by atoms with Crippen LogP contribution < -0.4 is 5.32 Å². The predicted molar refractivity (Wildman–Crippen MR) is 105 cm³/mol. The maximum atomic E-state index is 13.0. The van der Waals surface area contributed by atoms with Crippen LogP contribution in [0.25, 0.3) is 0 Å². The molecule has 2 fully saturated rings. The monoisotopic (exact) mass is 406 g/mol. The number of fused-ring (bicyclic) bond motifs is 1. The second-order valence-corrected chi connectivity index (χ2v) is 8.00. The maximum Gasteiger partial charge on any atom is 0.321 e. The summed E-state index contributed by atoms with van der Waals surface area (Å²) >= 11 is 0. The number of hydrogen-bond acceptors (Lipinski definition) is 5. The minimum Gasteiger partial charge on any atom is -0.467 e. The minimum atomic E-state index is -0.491. The van der Waals surface area contributed by atoms with Crippen LogP contribution >= 0.6 is 0 Å². The van der Waals surface area contributed by atoms with Crippen LogP contribution in [0.3, 0.4) is 0 Å². The van der Waals surface area contributed by atoms with E-state index in [9.17, 15) is 14.4 Å². The van der Waals surface area contributed by atoms with E-state index in [0.717, 1.165) is 0 Å². The number of nitrogens with one attached hydrogen (secondary N) is 1. The van der Waals surface area contributed by atoms with E-state index in [-0.39, 0.29) is 42.9 Å². The summed E-state index contributed by atoms with van der Waals surface area (Å²) in [6.07, 6.45) is 2.15. The molecule has 0 spiro atoms. The molecule has 9 heteroatoms. The van der Waals surface area contributed by atoms with Crippen LogP contribution in [-0.4, -0.2) is 84.5 Å². The number of carbonyl (C=O) groups excluding carboxylic acids is 3. The van der Waals surface area contributed by atoms with Crippen molar-refractivity contribution in [1.29, 1.82) is 0 Å². The lowest BCUT2D eigenvalue weighted by Crippen LogP contribution is -2.61. The lowest BCUT2D eigenvalue weighted by atomic mass is 9.97. The van der Waals surface area contributed by atoms with Gasteiger partial charge in [0.05, 0.1) is 25.5 Å². The van der Waals surface area contributed by atoms with Gasteiger partial charge in [0.25, 0.3) is 0 Å². The molecule has 2 saturated heterocycles. The second kappa shape index (κ2) is 9.30. The first kappa shape index (κ1) is 21.2. The van der Waals surface area contributed by atoms with Crippen molar-refractivity contribution in [2.75, 3.05) is 39.9 Å². The molecule has 0 aromatic carbocycles. The van der Waals surface area contributed by atoms with Crippen LogP contribution in [0.4, 0.5) is 4.79 Å². The standard InChI is InChI=1S/C20H30N4O5/c1-14(2)9-17-19(26)22(6-8-28-3)11-15-12-23(20(27)24(15)17)13-18(25)21-10-16-5-4-7-29-16/h4-5,7,14-15,17H,6,8-13H2,1-3H3,(H,21,25)/t15-,17+/m1/s1. The Labute approximate surface area is 170 Å². The van der Waals surface area contributed by atoms with E-state index < -0.39 is 6.04 Å². The summed E-state index contributed by atoms with van der Waals surface area (Å²) in [6.45, 7) is 6.18. The summed E-state index contributed by atoms with van der Waals surface area (Å²) in [5, 5.41) is 2.76. The van der Waals surface area contributed by atoms with E-state index in [1.165, 1.54) is 4.90 Å². The van der Waals surface area contributed by atoms with Gasteiger partial charge in [0.15, 0.2) is 0 Å². The molecule has 2 aliphatic heterocycles. The molecule has 1 aromatic rings. The smallest absolute Gasteiger partial charge is 0.321 e. The molecule has 1 aromatic heterocycles. The highest BCUT2D eigenvalue weighted by Gasteiger charge is 2.49. The van der Waals surface area contributed by atoms with Gasteiger partial charge in [-0.25, -0.2) is 4.79 Å². The number of piperazine rings is 1. The number of furan rings is 1. The third kappa shape index (κ3) is 4.90. The summed E-state index contributed by atoms with van der Waals surface area (Å²) in [6, 6.07) is 2.68. The Morgan fingerprint density at radius 2 is 2.07 bits per heavy atom. The van der Waals surface area contributed by atoms with Crippen molar-refractivity contribution < 1.29 is 23.5 Å². The minimum absolute atomic E-state index is 0.0345. The van der Waals surface area contributed by atoms with E-state index in [1.807, 2.05) is 13.8 Å². The Morgan fingerprint density at radius 1 is 1.31 bits per heavy atom. The fourth-order valence-electron chi connectivity index (χ4n) is 3.97. The number of carbonyl (C=O) groups is 3. The lowest BCUT2D eigenvalue weighted by molar-refractivity contribution is -0.143. The third-order valence-corrected chi connectivity index (χ3v) is 5.31. The molecule has 0 aliphatic carbocycles. The molecule has 1 N–H and O–H groups in total. The first-order valence-corrected chi connectivity index (χ1v) is 10.0. The van der Waals surface area contributed by atoms with Gasteiger partial charge in [0.1, 0.15) is 18.3 Å². The topological polar surface area (TPSA) is 95.3 Å². The Morgan fingerprint density at radius 3 is 2.72 bits per heavy atom. The van der Waals surface area contributed by atoms with Crippen molar-refractivity contribution in [3.8, 4) is 0 Å². The van der Waals surface area contributed by atoms with E-state index in [2.05, 4.69) is 5.32 Å². The van der Waals surface area contributed by atoms with E-state index >= 15 is 0 Å². The van der Waals surface area contributed by atoms with Gasteiger partial charge in [-0.1, -0.05) is 13.8 Å². The normalized spacial score (nSPS) is 21.9. The van der Waals surface area contributed by atoms with Gasteiger partial charge >= 0.3 is 6.03 Å². The highest BCUT2D eigenvalue weighted by Crippen LogP contribution is 2.28. The van der Waals surface area contributed by atoms with Crippen molar-refractivity contribution >= 4 is 17.8 Å². The number of amides is 4. The van der Waals surface area contributed by atoms with Crippen molar-refractivity contribution in [1.82, 2.24) is 20.0 Å². The van der Waals surface area contributed by atoms with Gasteiger partial charge < -0.3 is 29.2 Å². The summed E-state index contributed by atoms with van der Waals surface area (Å²) in [5.74, 6) is 0.632. The van der Waals surface area contributed by atoms with Gasteiger partial charge in [0, 0.05) is 26.7 Å². The molecule has 29 heavy (non-hydrogen) atoms. The predicted octanol–water partition coefficient (Wildman–Crippen LogP) is 0.905. The van der Waals surface area contributed by atoms with Gasteiger partial charge in [0.2, 0.25) is 11.8 Å². The molecular weight excluding hydrogens is 376 g/mol. The molecule has 2 atom stereocenters. The van der Waals surface area contributed by atoms with Crippen molar-refractivity contribution in [3.63, 3.8) is 0 Å². The lowest BCUT2D eigenvalue weighted by Gasteiger charge is -2.42. The zero-order valence-corrected chi connectivity index (χ0v) is 17.3. The SMILES string of the molecule is COCCN1C[C@@H]2CN(CC(=O)NCc3ccco3)C(=O)N2[C@@H](CC(C)C)C1=O. The Balaban J connectivity index is 1.65. The number of nitrogens with zero attached hydrogens (tertiary/aromatic N) is 3. The quantitative estimate of drug-likeness (QED) is 0.658. The highest BCUT2D eigenvalue weighted by molar-refractivity contribution is 5.91. The Hall–Kier alpha value is -2.55. The van der Waals surface area contributed by atoms with Gasteiger partial charge in [-0.2, -0.15) is 0 Å². The third-order valence-electron chi connectivity index (χ3n) is 5.31. The number of rotatable bonds is 9. The van der Waals surface area contributed by atoms with E-state index in [1.54, 1.807) is 35.3 Å². The van der Waals surface area contributed by atoms with E-state index in [0.29, 0.717) is 38.4 Å². The number of ether oxygens (including phenoxy) is 1. The van der Waals surface area contributed by atoms with Crippen LogP contribution in [0.5, 0.6) is 0 Å². The summed E-state index contributed by atoms with van der Waals surface area (Å²) in [4.78, 5) is 43.3. The van der Waals surface area contributed by atoms with Crippen molar-refractivity contribution in [2.45, 2.75) is 38.9 Å².